The lowest BCUT2D eigenvalue weighted by Gasteiger charge is -2.11. The maximum atomic E-state index is 12.7. The van der Waals surface area contributed by atoms with Crippen LogP contribution in [-0.2, 0) is 14.3 Å². The molecule has 7 heteroatoms. The zero-order chi connectivity index (χ0) is 20.3. The van der Waals surface area contributed by atoms with Crippen molar-refractivity contribution in [3.63, 3.8) is 0 Å². The summed E-state index contributed by atoms with van der Waals surface area (Å²) in [7, 11) is 0. The van der Waals surface area contributed by atoms with E-state index in [1.807, 2.05) is 44.2 Å². The SMILES string of the molecule is CC(C)OC(=O)COC(=O)c1cc(-c2ccccc2)nc2c1cnn2C(C)C. The molecule has 0 radical (unpaired) electrons. The summed E-state index contributed by atoms with van der Waals surface area (Å²) in [5.74, 6) is -1.21. The minimum Gasteiger partial charge on any atom is -0.460 e. The van der Waals surface area contributed by atoms with Crippen LogP contribution in [0.25, 0.3) is 22.3 Å². The third-order valence-electron chi connectivity index (χ3n) is 4.03. The lowest BCUT2D eigenvalue weighted by atomic mass is 10.1. The van der Waals surface area contributed by atoms with E-state index in [0.29, 0.717) is 22.3 Å². The van der Waals surface area contributed by atoms with Gasteiger partial charge in [-0.3, -0.25) is 0 Å². The molecule has 0 aliphatic heterocycles. The quantitative estimate of drug-likeness (QED) is 0.604. The van der Waals surface area contributed by atoms with E-state index in [0.717, 1.165) is 5.56 Å². The number of benzene rings is 1. The number of aromatic nitrogens is 3. The molecule has 3 aromatic rings. The molecule has 0 unspecified atom stereocenters. The van der Waals surface area contributed by atoms with Crippen LogP contribution in [0, 0.1) is 0 Å². The minimum absolute atomic E-state index is 0.0703. The second-order valence-corrected chi connectivity index (χ2v) is 6.96. The first-order valence-electron chi connectivity index (χ1n) is 9.17. The fraction of sp³-hybridized carbons (Fsp3) is 0.333. The molecule has 0 saturated carbocycles. The van der Waals surface area contributed by atoms with Crippen LogP contribution in [0.2, 0.25) is 0 Å². The fourth-order valence-electron chi connectivity index (χ4n) is 2.82. The number of pyridine rings is 1. The lowest BCUT2D eigenvalue weighted by Crippen LogP contribution is -2.19. The van der Waals surface area contributed by atoms with E-state index in [1.165, 1.54) is 0 Å². The molecule has 0 atom stereocenters. The first-order valence-corrected chi connectivity index (χ1v) is 9.17. The molecule has 0 saturated heterocycles. The summed E-state index contributed by atoms with van der Waals surface area (Å²) in [4.78, 5) is 29.1. The Morgan fingerprint density at radius 1 is 1.11 bits per heavy atom. The van der Waals surface area contributed by atoms with E-state index in [1.54, 1.807) is 30.8 Å². The molecule has 3 rings (SSSR count). The Kier molecular flexibility index (Phi) is 5.73. The number of hydrogen-bond acceptors (Lipinski definition) is 6. The summed E-state index contributed by atoms with van der Waals surface area (Å²) in [5.41, 5.74) is 2.41. The molecule has 1 aromatic carbocycles. The number of rotatable bonds is 6. The maximum Gasteiger partial charge on any atom is 0.344 e. The van der Waals surface area contributed by atoms with E-state index in [-0.39, 0.29) is 12.1 Å². The van der Waals surface area contributed by atoms with Gasteiger partial charge in [-0.25, -0.2) is 19.3 Å². The van der Waals surface area contributed by atoms with Gasteiger partial charge < -0.3 is 9.47 Å². The minimum atomic E-state index is -0.617. The molecule has 28 heavy (non-hydrogen) atoms. The van der Waals surface area contributed by atoms with Crippen molar-refractivity contribution >= 4 is 23.0 Å². The zero-order valence-corrected chi connectivity index (χ0v) is 16.4. The van der Waals surface area contributed by atoms with Crippen molar-refractivity contribution in [3.05, 3.63) is 48.2 Å². The van der Waals surface area contributed by atoms with E-state index < -0.39 is 18.5 Å². The second kappa shape index (κ2) is 8.21. The van der Waals surface area contributed by atoms with Crippen LogP contribution in [0.5, 0.6) is 0 Å². The molecule has 2 heterocycles. The van der Waals surface area contributed by atoms with Gasteiger partial charge in [0.25, 0.3) is 0 Å². The van der Waals surface area contributed by atoms with Gasteiger partial charge in [0.05, 0.1) is 28.9 Å². The molecule has 0 spiro atoms. The van der Waals surface area contributed by atoms with E-state index in [4.69, 9.17) is 14.5 Å². The Morgan fingerprint density at radius 3 is 2.46 bits per heavy atom. The molecule has 0 aliphatic carbocycles. The van der Waals surface area contributed by atoms with Crippen molar-refractivity contribution in [3.8, 4) is 11.3 Å². The third kappa shape index (κ3) is 4.19. The van der Waals surface area contributed by atoms with Crippen molar-refractivity contribution in [1.29, 1.82) is 0 Å². The molecule has 146 valence electrons. The van der Waals surface area contributed by atoms with Gasteiger partial charge in [-0.05, 0) is 33.8 Å². The zero-order valence-electron chi connectivity index (χ0n) is 16.4. The average molecular weight is 381 g/mol. The number of ether oxygens (including phenoxy) is 2. The Labute approximate surface area is 163 Å². The number of esters is 2. The molecular weight excluding hydrogens is 358 g/mol. The van der Waals surface area contributed by atoms with Crippen molar-refractivity contribution < 1.29 is 19.1 Å². The third-order valence-corrected chi connectivity index (χ3v) is 4.03. The van der Waals surface area contributed by atoms with Gasteiger partial charge in [-0.15, -0.1) is 0 Å². The Hall–Kier alpha value is -3.22. The molecule has 0 amide bonds. The number of hydrogen-bond donors (Lipinski definition) is 0. The largest absolute Gasteiger partial charge is 0.460 e. The van der Waals surface area contributed by atoms with Gasteiger partial charge >= 0.3 is 11.9 Å². The summed E-state index contributed by atoms with van der Waals surface area (Å²) in [6.07, 6.45) is 1.33. The topological polar surface area (TPSA) is 83.3 Å². The van der Waals surface area contributed by atoms with Gasteiger partial charge in [0, 0.05) is 11.6 Å². The van der Waals surface area contributed by atoms with Crippen LogP contribution < -0.4 is 0 Å². The summed E-state index contributed by atoms with van der Waals surface area (Å²) < 4.78 is 11.9. The lowest BCUT2D eigenvalue weighted by molar-refractivity contribution is -0.150. The molecule has 0 bridgehead atoms. The standard InChI is InChI=1S/C21H23N3O4/c1-13(2)24-20-17(11-22-24)16(21(26)27-12-19(25)28-14(3)4)10-18(23-20)15-8-6-5-7-9-15/h5-11,13-14H,12H2,1-4H3. The number of nitrogens with zero attached hydrogens (tertiary/aromatic N) is 3. The number of carbonyl (C=O) groups is 2. The van der Waals surface area contributed by atoms with E-state index in [9.17, 15) is 9.59 Å². The Morgan fingerprint density at radius 2 is 1.82 bits per heavy atom. The highest BCUT2D eigenvalue weighted by atomic mass is 16.6. The summed E-state index contributed by atoms with van der Waals surface area (Å²) in [6, 6.07) is 11.3. The fourth-order valence-corrected chi connectivity index (χ4v) is 2.82. The van der Waals surface area contributed by atoms with Crippen LogP contribution in [0.3, 0.4) is 0 Å². The van der Waals surface area contributed by atoms with Gasteiger partial charge in [0.1, 0.15) is 0 Å². The van der Waals surface area contributed by atoms with Crippen LogP contribution in [0.1, 0.15) is 44.1 Å². The molecule has 2 aromatic heterocycles. The normalized spacial score (nSPS) is 11.2. The first kappa shape index (κ1) is 19.5. The van der Waals surface area contributed by atoms with Gasteiger partial charge in [0.15, 0.2) is 12.3 Å². The predicted octanol–water partition coefficient (Wildman–Crippen LogP) is 3.79. The smallest absolute Gasteiger partial charge is 0.344 e. The summed E-state index contributed by atoms with van der Waals surface area (Å²) in [5, 5.41) is 4.94. The maximum absolute atomic E-state index is 12.7. The Balaban J connectivity index is 2.00. The molecule has 7 nitrogen and oxygen atoms in total. The predicted molar refractivity (Wildman–Crippen MR) is 105 cm³/mol. The average Bonchev–Trinajstić information content (AvgIpc) is 3.09. The second-order valence-electron chi connectivity index (χ2n) is 6.96. The highest BCUT2D eigenvalue weighted by molar-refractivity contribution is 6.04. The Bertz CT molecular complexity index is 994. The van der Waals surface area contributed by atoms with Crippen molar-refractivity contribution in [2.75, 3.05) is 6.61 Å². The highest BCUT2D eigenvalue weighted by Gasteiger charge is 2.20. The van der Waals surface area contributed by atoms with E-state index >= 15 is 0 Å². The van der Waals surface area contributed by atoms with Crippen LogP contribution in [0.4, 0.5) is 0 Å². The summed E-state index contributed by atoms with van der Waals surface area (Å²) >= 11 is 0. The van der Waals surface area contributed by atoms with E-state index in [2.05, 4.69) is 5.10 Å². The first-order chi connectivity index (χ1) is 13.4. The molecule has 0 fully saturated rings. The van der Waals surface area contributed by atoms with Crippen LogP contribution in [-0.4, -0.2) is 39.4 Å². The van der Waals surface area contributed by atoms with Gasteiger partial charge in [0.2, 0.25) is 0 Å². The number of fused-ring (bicyclic) bond motifs is 1. The monoisotopic (exact) mass is 381 g/mol. The van der Waals surface area contributed by atoms with Crippen LogP contribution >= 0.6 is 0 Å². The number of carbonyl (C=O) groups excluding carboxylic acids is 2. The van der Waals surface area contributed by atoms with Crippen LogP contribution in [0.15, 0.2) is 42.6 Å². The molecular formula is C21H23N3O4. The molecule has 0 aliphatic rings. The molecule has 0 N–H and O–H groups in total. The van der Waals surface area contributed by atoms with Crippen molar-refractivity contribution in [1.82, 2.24) is 14.8 Å². The summed E-state index contributed by atoms with van der Waals surface area (Å²) in [6.45, 7) is 7.00. The van der Waals surface area contributed by atoms with Crippen molar-refractivity contribution in [2.45, 2.75) is 39.8 Å². The van der Waals surface area contributed by atoms with Gasteiger partial charge in [-0.2, -0.15) is 5.10 Å². The van der Waals surface area contributed by atoms with Crippen molar-refractivity contribution in [2.24, 2.45) is 0 Å². The van der Waals surface area contributed by atoms with Gasteiger partial charge in [-0.1, -0.05) is 30.3 Å². The highest BCUT2D eigenvalue weighted by Crippen LogP contribution is 2.26.